The molecule has 17 heavy (non-hydrogen) atoms. The predicted molar refractivity (Wildman–Crippen MR) is 70.8 cm³/mol. The van der Waals surface area contributed by atoms with Gasteiger partial charge in [-0.3, -0.25) is 9.48 Å². The highest BCUT2D eigenvalue weighted by molar-refractivity contribution is 7.98. The van der Waals surface area contributed by atoms with Gasteiger partial charge in [-0.15, -0.1) is 0 Å². The van der Waals surface area contributed by atoms with Crippen molar-refractivity contribution in [2.24, 2.45) is 12.8 Å². The zero-order valence-electron chi connectivity index (χ0n) is 10.6. The van der Waals surface area contributed by atoms with Crippen LogP contribution in [-0.4, -0.2) is 33.7 Å². The third-order valence-electron chi connectivity index (χ3n) is 2.54. The van der Waals surface area contributed by atoms with E-state index in [0.717, 1.165) is 17.0 Å². The first-order valence-corrected chi connectivity index (χ1v) is 6.95. The lowest BCUT2D eigenvalue weighted by atomic mass is 10.2. The summed E-state index contributed by atoms with van der Waals surface area (Å²) in [6, 6.07) is -0.417. The van der Waals surface area contributed by atoms with Crippen LogP contribution in [0.5, 0.6) is 0 Å². The van der Waals surface area contributed by atoms with Crippen LogP contribution < -0.4 is 11.1 Å². The van der Waals surface area contributed by atoms with Gasteiger partial charge in [0.1, 0.15) is 0 Å². The number of aromatic nitrogens is 2. The van der Waals surface area contributed by atoms with Crippen LogP contribution in [0.15, 0.2) is 6.20 Å². The van der Waals surface area contributed by atoms with Crippen LogP contribution >= 0.6 is 11.8 Å². The van der Waals surface area contributed by atoms with E-state index in [-0.39, 0.29) is 5.91 Å². The second kappa shape index (κ2) is 6.66. The number of carbonyl (C=O) groups excluding carboxylic acids is 1. The molecule has 1 heterocycles. The van der Waals surface area contributed by atoms with Crippen molar-refractivity contribution in [3.8, 4) is 0 Å². The second-order valence-corrected chi connectivity index (χ2v) is 5.00. The first-order valence-electron chi connectivity index (χ1n) is 5.56. The van der Waals surface area contributed by atoms with E-state index in [1.165, 1.54) is 0 Å². The van der Waals surface area contributed by atoms with Crippen molar-refractivity contribution in [1.29, 1.82) is 0 Å². The molecule has 1 atom stereocenters. The van der Waals surface area contributed by atoms with Crippen molar-refractivity contribution < 1.29 is 4.79 Å². The molecule has 0 aliphatic heterocycles. The Bertz CT molecular complexity index is 378. The van der Waals surface area contributed by atoms with Crippen LogP contribution in [0.2, 0.25) is 0 Å². The minimum absolute atomic E-state index is 0.0951. The Morgan fingerprint density at radius 2 is 2.41 bits per heavy atom. The maximum absolute atomic E-state index is 11.7. The van der Waals surface area contributed by atoms with Gasteiger partial charge in [0, 0.05) is 25.4 Å². The lowest BCUT2D eigenvalue weighted by Crippen LogP contribution is -2.40. The number of hydrogen-bond donors (Lipinski definition) is 2. The number of nitrogens with two attached hydrogens (primary N) is 1. The standard InChI is InChI=1S/C11H20N4OS/c1-8-9(7-15(2)14-8)6-13-11(16)10(12)4-5-17-3/h7,10H,4-6,12H2,1-3H3,(H,13,16)/t10-/m1/s1. The molecule has 0 aliphatic rings. The average molecular weight is 256 g/mol. The summed E-state index contributed by atoms with van der Waals surface area (Å²) >= 11 is 1.69. The summed E-state index contributed by atoms with van der Waals surface area (Å²) in [5.41, 5.74) is 7.73. The number of hydrogen-bond acceptors (Lipinski definition) is 4. The summed E-state index contributed by atoms with van der Waals surface area (Å²) in [6.45, 7) is 2.42. The molecule has 1 rings (SSSR count). The molecule has 0 aromatic carbocycles. The quantitative estimate of drug-likeness (QED) is 0.774. The Kier molecular flexibility index (Phi) is 5.50. The fourth-order valence-electron chi connectivity index (χ4n) is 1.51. The largest absolute Gasteiger partial charge is 0.351 e. The smallest absolute Gasteiger partial charge is 0.237 e. The van der Waals surface area contributed by atoms with E-state index in [1.807, 2.05) is 26.4 Å². The maximum Gasteiger partial charge on any atom is 0.237 e. The Hall–Kier alpha value is -1.01. The fourth-order valence-corrected chi connectivity index (χ4v) is 2.00. The molecule has 1 aromatic heterocycles. The Labute approximate surface area is 106 Å². The van der Waals surface area contributed by atoms with Gasteiger partial charge < -0.3 is 11.1 Å². The minimum Gasteiger partial charge on any atom is -0.351 e. The highest BCUT2D eigenvalue weighted by Crippen LogP contribution is 2.04. The molecular formula is C11H20N4OS. The first-order chi connectivity index (χ1) is 8.04. The molecule has 1 amide bonds. The van der Waals surface area contributed by atoms with Gasteiger partial charge in [-0.2, -0.15) is 16.9 Å². The second-order valence-electron chi connectivity index (χ2n) is 4.02. The van der Waals surface area contributed by atoms with Crippen LogP contribution in [-0.2, 0) is 18.4 Å². The van der Waals surface area contributed by atoms with Gasteiger partial charge in [-0.05, 0) is 25.4 Å². The molecule has 0 bridgehead atoms. The highest BCUT2D eigenvalue weighted by atomic mass is 32.2. The molecule has 0 radical (unpaired) electrons. The predicted octanol–water partition coefficient (Wildman–Crippen LogP) is 0.425. The molecule has 6 heteroatoms. The lowest BCUT2D eigenvalue weighted by Gasteiger charge is -2.11. The molecule has 0 spiro atoms. The van der Waals surface area contributed by atoms with Crippen molar-refractivity contribution in [2.45, 2.75) is 25.9 Å². The number of rotatable bonds is 6. The van der Waals surface area contributed by atoms with E-state index < -0.39 is 6.04 Å². The summed E-state index contributed by atoms with van der Waals surface area (Å²) in [4.78, 5) is 11.7. The minimum atomic E-state index is -0.417. The topological polar surface area (TPSA) is 72.9 Å². The summed E-state index contributed by atoms with van der Waals surface area (Å²) in [5.74, 6) is 0.808. The summed E-state index contributed by atoms with van der Waals surface area (Å²) in [6.07, 6.45) is 4.62. The number of nitrogens with one attached hydrogen (secondary N) is 1. The molecular weight excluding hydrogens is 236 g/mol. The van der Waals surface area contributed by atoms with Crippen molar-refractivity contribution >= 4 is 17.7 Å². The maximum atomic E-state index is 11.7. The Balaban J connectivity index is 2.40. The molecule has 0 unspecified atom stereocenters. The van der Waals surface area contributed by atoms with Crippen LogP contribution in [0.25, 0.3) is 0 Å². The average Bonchev–Trinajstić information content (AvgIpc) is 2.61. The van der Waals surface area contributed by atoms with Gasteiger partial charge in [-0.1, -0.05) is 0 Å². The molecule has 5 nitrogen and oxygen atoms in total. The van der Waals surface area contributed by atoms with Gasteiger partial charge in [-0.25, -0.2) is 0 Å². The van der Waals surface area contributed by atoms with Gasteiger partial charge in [0.2, 0.25) is 5.91 Å². The van der Waals surface area contributed by atoms with E-state index in [1.54, 1.807) is 16.4 Å². The number of thioether (sulfide) groups is 1. The van der Waals surface area contributed by atoms with Crippen molar-refractivity contribution in [1.82, 2.24) is 15.1 Å². The molecule has 1 aromatic rings. The number of amides is 1. The van der Waals surface area contributed by atoms with Gasteiger partial charge in [0.05, 0.1) is 11.7 Å². The zero-order chi connectivity index (χ0) is 12.8. The molecule has 0 aliphatic carbocycles. The Morgan fingerprint density at radius 1 is 1.71 bits per heavy atom. The number of aryl methyl sites for hydroxylation is 2. The van der Waals surface area contributed by atoms with E-state index in [9.17, 15) is 4.79 Å². The van der Waals surface area contributed by atoms with Crippen molar-refractivity contribution in [3.05, 3.63) is 17.5 Å². The zero-order valence-corrected chi connectivity index (χ0v) is 11.4. The van der Waals surface area contributed by atoms with Gasteiger partial charge >= 0.3 is 0 Å². The van der Waals surface area contributed by atoms with Gasteiger partial charge in [0.25, 0.3) is 0 Å². The van der Waals surface area contributed by atoms with Gasteiger partial charge in [0.15, 0.2) is 0 Å². The number of nitrogens with zero attached hydrogens (tertiary/aromatic N) is 2. The Morgan fingerprint density at radius 3 is 2.94 bits per heavy atom. The van der Waals surface area contributed by atoms with Crippen LogP contribution in [0.4, 0.5) is 0 Å². The van der Waals surface area contributed by atoms with Crippen LogP contribution in [0, 0.1) is 6.92 Å². The SMILES string of the molecule is CSCC[C@@H](N)C(=O)NCc1cn(C)nc1C. The van der Waals surface area contributed by atoms with E-state index in [4.69, 9.17) is 5.73 Å². The van der Waals surface area contributed by atoms with Crippen LogP contribution in [0.1, 0.15) is 17.7 Å². The normalized spacial score (nSPS) is 12.5. The van der Waals surface area contributed by atoms with E-state index in [2.05, 4.69) is 10.4 Å². The summed E-state index contributed by atoms with van der Waals surface area (Å²) in [7, 11) is 1.86. The molecule has 0 fully saturated rings. The number of carbonyl (C=O) groups is 1. The van der Waals surface area contributed by atoms with Crippen molar-refractivity contribution in [2.75, 3.05) is 12.0 Å². The first kappa shape index (κ1) is 14.1. The fraction of sp³-hybridized carbons (Fsp3) is 0.636. The summed E-state index contributed by atoms with van der Waals surface area (Å²) < 4.78 is 1.74. The lowest BCUT2D eigenvalue weighted by molar-refractivity contribution is -0.122. The molecule has 3 N–H and O–H groups in total. The third kappa shape index (κ3) is 4.40. The molecule has 0 saturated heterocycles. The third-order valence-corrected chi connectivity index (χ3v) is 3.18. The van der Waals surface area contributed by atoms with E-state index in [0.29, 0.717) is 13.0 Å². The van der Waals surface area contributed by atoms with E-state index >= 15 is 0 Å². The van der Waals surface area contributed by atoms with Crippen LogP contribution in [0.3, 0.4) is 0 Å². The molecule has 96 valence electrons. The summed E-state index contributed by atoms with van der Waals surface area (Å²) in [5, 5.41) is 7.05. The molecule has 0 saturated carbocycles. The highest BCUT2D eigenvalue weighted by Gasteiger charge is 2.13. The monoisotopic (exact) mass is 256 g/mol. The van der Waals surface area contributed by atoms with Crippen molar-refractivity contribution in [3.63, 3.8) is 0 Å².